The van der Waals surface area contributed by atoms with Gasteiger partial charge in [0.2, 0.25) is 5.13 Å². The van der Waals surface area contributed by atoms with Crippen LogP contribution in [-0.4, -0.2) is 16.1 Å². The molecule has 7 heteroatoms. The lowest BCUT2D eigenvalue weighted by atomic mass is 10.3. The van der Waals surface area contributed by atoms with Gasteiger partial charge in [-0.15, -0.1) is 10.2 Å². The Bertz CT molecular complexity index is 520. The van der Waals surface area contributed by atoms with Crippen molar-refractivity contribution in [3.8, 4) is 0 Å². The molecular formula is C10H12N4O2S. The molecule has 0 aromatic carbocycles. The predicted octanol–water partition coefficient (Wildman–Crippen LogP) is 1.40. The lowest BCUT2D eigenvalue weighted by Gasteiger charge is -1.95. The standard InChI is InChI=1S/C10H12N4O2S/c1-2-8-13-14-10(17-8)12-9(15)6-3-7(4-11)16-5-6/h3,5H,2,4,11H2,1H3,(H,12,14,15). The number of nitrogens with two attached hydrogens (primary N) is 1. The van der Waals surface area contributed by atoms with Crippen LogP contribution in [-0.2, 0) is 13.0 Å². The van der Waals surface area contributed by atoms with Gasteiger partial charge in [-0.1, -0.05) is 18.3 Å². The molecule has 0 bridgehead atoms. The van der Waals surface area contributed by atoms with Crippen LogP contribution < -0.4 is 11.1 Å². The first-order valence-corrected chi connectivity index (χ1v) is 5.95. The smallest absolute Gasteiger partial charge is 0.260 e. The Morgan fingerprint density at radius 2 is 2.41 bits per heavy atom. The summed E-state index contributed by atoms with van der Waals surface area (Å²) in [6, 6.07) is 1.61. The number of rotatable bonds is 4. The van der Waals surface area contributed by atoms with Crippen LogP contribution in [0, 0.1) is 0 Å². The molecule has 1 amide bonds. The number of hydrogen-bond acceptors (Lipinski definition) is 6. The third-order valence-corrected chi connectivity index (χ3v) is 3.09. The van der Waals surface area contributed by atoms with Gasteiger partial charge in [0.05, 0.1) is 12.1 Å². The van der Waals surface area contributed by atoms with E-state index in [2.05, 4.69) is 15.5 Å². The van der Waals surface area contributed by atoms with Gasteiger partial charge in [-0.25, -0.2) is 0 Å². The first kappa shape index (κ1) is 11.7. The van der Waals surface area contributed by atoms with Crippen molar-refractivity contribution in [2.45, 2.75) is 19.9 Å². The quantitative estimate of drug-likeness (QED) is 0.857. The van der Waals surface area contributed by atoms with E-state index in [0.717, 1.165) is 11.4 Å². The number of amides is 1. The summed E-state index contributed by atoms with van der Waals surface area (Å²) in [5.74, 6) is 0.300. The normalized spacial score (nSPS) is 10.5. The van der Waals surface area contributed by atoms with E-state index in [1.165, 1.54) is 17.6 Å². The van der Waals surface area contributed by atoms with E-state index in [-0.39, 0.29) is 12.5 Å². The highest BCUT2D eigenvalue weighted by Crippen LogP contribution is 2.17. The van der Waals surface area contributed by atoms with Crippen molar-refractivity contribution >= 4 is 22.4 Å². The van der Waals surface area contributed by atoms with Crippen LogP contribution in [0.25, 0.3) is 0 Å². The fourth-order valence-electron chi connectivity index (χ4n) is 1.22. The van der Waals surface area contributed by atoms with Crippen molar-refractivity contribution in [3.05, 3.63) is 28.7 Å². The van der Waals surface area contributed by atoms with Crippen LogP contribution in [0.15, 0.2) is 16.7 Å². The summed E-state index contributed by atoms with van der Waals surface area (Å²) in [5, 5.41) is 11.8. The van der Waals surface area contributed by atoms with Crippen LogP contribution in [0.4, 0.5) is 5.13 Å². The van der Waals surface area contributed by atoms with E-state index < -0.39 is 0 Å². The maximum Gasteiger partial charge on any atom is 0.260 e. The van der Waals surface area contributed by atoms with Gasteiger partial charge in [0.25, 0.3) is 5.91 Å². The van der Waals surface area contributed by atoms with Crippen molar-refractivity contribution in [2.24, 2.45) is 5.73 Å². The van der Waals surface area contributed by atoms with E-state index >= 15 is 0 Å². The van der Waals surface area contributed by atoms with Gasteiger partial charge in [0.15, 0.2) is 0 Å². The monoisotopic (exact) mass is 252 g/mol. The van der Waals surface area contributed by atoms with Crippen molar-refractivity contribution in [3.63, 3.8) is 0 Å². The Labute approximate surface area is 102 Å². The number of carbonyl (C=O) groups excluding carboxylic acids is 1. The molecular weight excluding hydrogens is 240 g/mol. The molecule has 0 aliphatic carbocycles. The topological polar surface area (TPSA) is 94.0 Å². The second-order valence-electron chi connectivity index (χ2n) is 3.31. The minimum atomic E-state index is -0.271. The summed E-state index contributed by atoms with van der Waals surface area (Å²) in [5.41, 5.74) is 5.82. The number of aromatic nitrogens is 2. The molecule has 2 rings (SSSR count). The molecule has 0 aliphatic heterocycles. The third kappa shape index (κ3) is 2.69. The summed E-state index contributed by atoms with van der Waals surface area (Å²) in [6.07, 6.45) is 2.18. The molecule has 0 spiro atoms. The second-order valence-corrected chi connectivity index (χ2v) is 4.38. The molecule has 0 aliphatic rings. The molecule has 0 unspecified atom stereocenters. The van der Waals surface area contributed by atoms with Crippen molar-refractivity contribution < 1.29 is 9.21 Å². The minimum Gasteiger partial charge on any atom is -0.467 e. The Morgan fingerprint density at radius 1 is 1.59 bits per heavy atom. The number of carbonyl (C=O) groups is 1. The zero-order valence-corrected chi connectivity index (χ0v) is 10.1. The molecule has 17 heavy (non-hydrogen) atoms. The molecule has 2 heterocycles. The predicted molar refractivity (Wildman–Crippen MR) is 63.8 cm³/mol. The van der Waals surface area contributed by atoms with E-state index in [1.54, 1.807) is 6.07 Å². The highest BCUT2D eigenvalue weighted by atomic mass is 32.1. The maximum absolute atomic E-state index is 11.8. The van der Waals surface area contributed by atoms with Crippen LogP contribution in [0.1, 0.15) is 28.0 Å². The second kappa shape index (κ2) is 5.07. The van der Waals surface area contributed by atoms with Crippen molar-refractivity contribution in [2.75, 3.05) is 5.32 Å². The lowest BCUT2D eigenvalue weighted by Crippen LogP contribution is -2.10. The number of furan rings is 1. The minimum absolute atomic E-state index is 0.270. The summed E-state index contributed by atoms with van der Waals surface area (Å²) < 4.78 is 5.08. The molecule has 3 N–H and O–H groups in total. The van der Waals surface area contributed by atoms with E-state index in [4.69, 9.17) is 10.2 Å². The molecule has 0 saturated carbocycles. The van der Waals surface area contributed by atoms with Gasteiger partial charge in [0, 0.05) is 0 Å². The fourth-order valence-corrected chi connectivity index (χ4v) is 1.90. The Morgan fingerprint density at radius 3 is 3.00 bits per heavy atom. The van der Waals surface area contributed by atoms with Gasteiger partial charge in [-0.3, -0.25) is 10.1 Å². The number of nitrogens with one attached hydrogen (secondary N) is 1. The number of aryl methyl sites for hydroxylation is 1. The van der Waals surface area contributed by atoms with Gasteiger partial charge in [0.1, 0.15) is 17.0 Å². The molecule has 0 radical (unpaired) electrons. The molecule has 2 aromatic heterocycles. The average Bonchev–Trinajstić information content (AvgIpc) is 2.96. The van der Waals surface area contributed by atoms with Gasteiger partial charge in [-0.05, 0) is 12.5 Å². The summed E-state index contributed by atoms with van der Waals surface area (Å²) >= 11 is 1.36. The Kier molecular flexibility index (Phi) is 3.50. The highest BCUT2D eigenvalue weighted by molar-refractivity contribution is 7.15. The average molecular weight is 252 g/mol. The number of anilines is 1. The molecule has 6 nitrogen and oxygen atoms in total. The van der Waals surface area contributed by atoms with Crippen molar-refractivity contribution in [1.82, 2.24) is 10.2 Å². The van der Waals surface area contributed by atoms with Crippen LogP contribution >= 0.6 is 11.3 Å². The fraction of sp³-hybridized carbons (Fsp3) is 0.300. The highest BCUT2D eigenvalue weighted by Gasteiger charge is 2.12. The number of nitrogens with zero attached hydrogens (tertiary/aromatic N) is 2. The molecule has 0 atom stereocenters. The first-order chi connectivity index (χ1) is 8.22. The van der Waals surface area contributed by atoms with E-state index in [1.807, 2.05) is 6.92 Å². The molecule has 90 valence electrons. The van der Waals surface area contributed by atoms with E-state index in [0.29, 0.717) is 16.5 Å². The summed E-state index contributed by atoms with van der Waals surface area (Å²) in [7, 11) is 0. The van der Waals surface area contributed by atoms with Crippen LogP contribution in [0.5, 0.6) is 0 Å². The zero-order valence-electron chi connectivity index (χ0n) is 9.27. The van der Waals surface area contributed by atoms with Gasteiger partial charge >= 0.3 is 0 Å². The lowest BCUT2D eigenvalue weighted by molar-refractivity contribution is 0.102. The van der Waals surface area contributed by atoms with E-state index in [9.17, 15) is 4.79 Å². The largest absolute Gasteiger partial charge is 0.467 e. The van der Waals surface area contributed by atoms with Crippen LogP contribution in [0.3, 0.4) is 0 Å². The summed E-state index contributed by atoms with van der Waals surface area (Å²) in [6.45, 7) is 2.25. The SMILES string of the molecule is CCc1nnc(NC(=O)c2coc(CN)c2)s1. The van der Waals surface area contributed by atoms with Gasteiger partial charge in [-0.2, -0.15) is 0 Å². The van der Waals surface area contributed by atoms with Crippen LogP contribution in [0.2, 0.25) is 0 Å². The number of hydrogen-bond donors (Lipinski definition) is 2. The molecule has 0 saturated heterocycles. The maximum atomic E-state index is 11.8. The third-order valence-electron chi connectivity index (χ3n) is 2.11. The zero-order chi connectivity index (χ0) is 12.3. The van der Waals surface area contributed by atoms with Gasteiger partial charge < -0.3 is 10.2 Å². The molecule has 0 fully saturated rings. The Balaban J connectivity index is 2.05. The Hall–Kier alpha value is -1.73. The molecule has 2 aromatic rings. The summed E-state index contributed by atoms with van der Waals surface area (Å²) in [4.78, 5) is 11.8. The van der Waals surface area contributed by atoms with Crippen molar-refractivity contribution in [1.29, 1.82) is 0 Å². The first-order valence-electron chi connectivity index (χ1n) is 5.14.